The van der Waals surface area contributed by atoms with E-state index in [9.17, 15) is 9.13 Å². The lowest BCUT2D eigenvalue weighted by Gasteiger charge is -2.21. The molecule has 0 saturated heterocycles. The lowest BCUT2D eigenvalue weighted by atomic mass is 10.2. The molecule has 0 saturated carbocycles. The molecular formula is C16H30O7P2. The number of phosphoric ester groups is 2. The maximum Gasteiger partial charge on any atom is 0.483 e. The molecule has 0 fully saturated rings. The Balaban J connectivity index is 0.000000593. The van der Waals surface area contributed by atoms with Crippen LogP contribution >= 0.6 is 15.6 Å². The number of phosphoric acid groups is 2. The van der Waals surface area contributed by atoms with Crippen LogP contribution in [0.15, 0.2) is 24.3 Å². The van der Waals surface area contributed by atoms with Crippen LogP contribution in [0.5, 0.6) is 0 Å². The Bertz CT molecular complexity index is 512. The molecule has 9 heteroatoms. The van der Waals surface area contributed by atoms with Crippen LogP contribution in [0.2, 0.25) is 0 Å². The van der Waals surface area contributed by atoms with Gasteiger partial charge in [0.05, 0.1) is 26.4 Å². The van der Waals surface area contributed by atoms with Crippen LogP contribution in [0.4, 0.5) is 0 Å². The lowest BCUT2D eigenvalue weighted by Crippen LogP contribution is -2.03. The Morgan fingerprint density at radius 1 is 0.720 bits per heavy atom. The minimum atomic E-state index is -3.91. The third kappa shape index (κ3) is 10.9. The Morgan fingerprint density at radius 3 is 1.24 bits per heavy atom. The monoisotopic (exact) mass is 396 g/mol. The van der Waals surface area contributed by atoms with Gasteiger partial charge < -0.3 is 0 Å². The average molecular weight is 396 g/mol. The van der Waals surface area contributed by atoms with E-state index in [1.54, 1.807) is 27.7 Å². The van der Waals surface area contributed by atoms with Gasteiger partial charge in [0, 0.05) is 0 Å². The summed E-state index contributed by atoms with van der Waals surface area (Å²) in [6.07, 6.45) is 0. The Hall–Kier alpha value is -0.520. The van der Waals surface area contributed by atoms with Crippen molar-refractivity contribution < 1.29 is 31.5 Å². The van der Waals surface area contributed by atoms with Crippen LogP contribution in [0.25, 0.3) is 0 Å². The van der Waals surface area contributed by atoms with E-state index in [2.05, 4.69) is 38.1 Å². The molecule has 0 N–H and O–H groups in total. The third-order valence-corrected chi connectivity index (χ3v) is 6.42. The summed E-state index contributed by atoms with van der Waals surface area (Å²) < 4.78 is 48.1. The van der Waals surface area contributed by atoms with E-state index in [0.29, 0.717) is 0 Å². The van der Waals surface area contributed by atoms with Gasteiger partial charge in [-0.2, -0.15) is 4.31 Å². The second-order valence-electron chi connectivity index (χ2n) is 4.81. The van der Waals surface area contributed by atoms with Gasteiger partial charge in [-0.05, 0) is 41.5 Å². The first-order chi connectivity index (χ1) is 11.7. The van der Waals surface area contributed by atoms with Gasteiger partial charge in [-0.25, -0.2) is 9.13 Å². The highest BCUT2D eigenvalue weighted by molar-refractivity contribution is 7.62. The Labute approximate surface area is 151 Å². The van der Waals surface area contributed by atoms with Gasteiger partial charge in [-0.3, -0.25) is 18.1 Å². The smallest absolute Gasteiger partial charge is 0.287 e. The number of hydrogen-bond acceptors (Lipinski definition) is 7. The molecule has 0 aliphatic carbocycles. The van der Waals surface area contributed by atoms with Gasteiger partial charge >= 0.3 is 15.6 Å². The Kier molecular flexibility index (Phi) is 12.5. The third-order valence-electron chi connectivity index (χ3n) is 2.52. The topological polar surface area (TPSA) is 80.3 Å². The summed E-state index contributed by atoms with van der Waals surface area (Å²) in [4.78, 5) is 0. The highest BCUT2D eigenvalue weighted by atomic mass is 31.3. The molecule has 146 valence electrons. The van der Waals surface area contributed by atoms with Crippen molar-refractivity contribution in [3.05, 3.63) is 35.4 Å². The molecule has 0 radical (unpaired) electrons. The summed E-state index contributed by atoms with van der Waals surface area (Å²) in [6, 6.07) is 8.45. The SMILES string of the molecule is CCOP(=O)(OCC)OP(=O)(OCC)OCC.Cc1cccc(C)c1. The lowest BCUT2D eigenvalue weighted by molar-refractivity contribution is 0.119. The van der Waals surface area contributed by atoms with Crippen LogP contribution in [-0.4, -0.2) is 26.4 Å². The van der Waals surface area contributed by atoms with Crippen LogP contribution in [0.1, 0.15) is 38.8 Å². The molecule has 0 heterocycles. The summed E-state index contributed by atoms with van der Waals surface area (Å²) in [7, 11) is -7.83. The molecule has 25 heavy (non-hydrogen) atoms. The van der Waals surface area contributed by atoms with Crippen molar-refractivity contribution in [2.24, 2.45) is 0 Å². The first-order valence-corrected chi connectivity index (χ1v) is 11.2. The van der Waals surface area contributed by atoms with Crippen molar-refractivity contribution >= 4 is 15.6 Å². The van der Waals surface area contributed by atoms with Gasteiger partial charge in [0.2, 0.25) is 0 Å². The summed E-state index contributed by atoms with van der Waals surface area (Å²) in [5, 5.41) is 0. The van der Waals surface area contributed by atoms with Crippen molar-refractivity contribution in [2.75, 3.05) is 26.4 Å². The van der Waals surface area contributed by atoms with Crippen LogP contribution in [-0.2, 0) is 31.5 Å². The van der Waals surface area contributed by atoms with Crippen molar-refractivity contribution in [3.8, 4) is 0 Å². The number of benzene rings is 1. The van der Waals surface area contributed by atoms with E-state index in [-0.39, 0.29) is 26.4 Å². The van der Waals surface area contributed by atoms with Crippen molar-refractivity contribution in [2.45, 2.75) is 41.5 Å². The second-order valence-corrected chi connectivity index (χ2v) is 8.28. The molecule has 0 aliphatic heterocycles. The fraction of sp³-hybridized carbons (Fsp3) is 0.625. The molecule has 0 atom stereocenters. The van der Waals surface area contributed by atoms with E-state index in [1.165, 1.54) is 11.1 Å². The fourth-order valence-corrected chi connectivity index (χ4v) is 4.88. The maximum absolute atomic E-state index is 12.0. The fourth-order valence-electron chi connectivity index (χ4n) is 1.73. The van der Waals surface area contributed by atoms with Gasteiger partial charge in [0.1, 0.15) is 0 Å². The van der Waals surface area contributed by atoms with E-state index in [0.717, 1.165) is 0 Å². The largest absolute Gasteiger partial charge is 0.483 e. The molecule has 1 aromatic rings. The zero-order chi connectivity index (χ0) is 19.3. The zero-order valence-electron chi connectivity index (χ0n) is 15.9. The molecule has 0 aromatic heterocycles. The van der Waals surface area contributed by atoms with E-state index < -0.39 is 15.6 Å². The molecule has 1 aromatic carbocycles. The summed E-state index contributed by atoms with van der Waals surface area (Å²) in [5.41, 5.74) is 2.68. The van der Waals surface area contributed by atoms with Gasteiger partial charge in [-0.15, -0.1) is 0 Å². The summed E-state index contributed by atoms with van der Waals surface area (Å²) in [6.45, 7) is 11.0. The van der Waals surface area contributed by atoms with Crippen LogP contribution in [0, 0.1) is 13.8 Å². The maximum atomic E-state index is 12.0. The van der Waals surface area contributed by atoms with Crippen molar-refractivity contribution in [3.63, 3.8) is 0 Å². The number of aryl methyl sites for hydroxylation is 2. The quantitative estimate of drug-likeness (QED) is 0.472. The average Bonchev–Trinajstić information content (AvgIpc) is 2.47. The standard InChI is InChI=1S/C8H20O7P2.C8H10/c1-5-11-16(9,12-6-2)15-17(10,13-7-3)14-8-4;1-7-4-3-5-8(2)6-7/h5-8H2,1-4H3;3-6H,1-2H3. The first kappa shape index (κ1) is 24.5. The van der Waals surface area contributed by atoms with Crippen molar-refractivity contribution in [1.29, 1.82) is 0 Å². The molecule has 0 bridgehead atoms. The first-order valence-electron chi connectivity index (χ1n) is 8.27. The number of rotatable bonds is 10. The van der Waals surface area contributed by atoms with Crippen LogP contribution < -0.4 is 0 Å². The highest BCUT2D eigenvalue weighted by Gasteiger charge is 2.39. The minimum absolute atomic E-state index is 0.0928. The van der Waals surface area contributed by atoms with Gasteiger partial charge in [-0.1, -0.05) is 35.4 Å². The minimum Gasteiger partial charge on any atom is -0.287 e. The predicted molar refractivity (Wildman–Crippen MR) is 98.7 cm³/mol. The van der Waals surface area contributed by atoms with E-state index >= 15 is 0 Å². The summed E-state index contributed by atoms with van der Waals surface area (Å²) in [5.74, 6) is 0. The Morgan fingerprint density at radius 2 is 1.04 bits per heavy atom. The normalized spacial score (nSPS) is 11.8. The zero-order valence-corrected chi connectivity index (χ0v) is 17.7. The molecule has 1 rings (SSSR count). The molecule has 0 amide bonds. The highest BCUT2D eigenvalue weighted by Crippen LogP contribution is 2.65. The van der Waals surface area contributed by atoms with Gasteiger partial charge in [0.25, 0.3) is 0 Å². The molecule has 0 spiro atoms. The molecular weight excluding hydrogens is 366 g/mol. The molecule has 7 nitrogen and oxygen atoms in total. The predicted octanol–water partition coefficient (Wildman–Crippen LogP) is 5.67. The van der Waals surface area contributed by atoms with E-state index in [1.807, 2.05) is 0 Å². The van der Waals surface area contributed by atoms with Crippen LogP contribution in [0.3, 0.4) is 0 Å². The molecule has 0 unspecified atom stereocenters. The molecule has 0 aliphatic rings. The summed E-state index contributed by atoms with van der Waals surface area (Å²) >= 11 is 0. The number of hydrogen-bond donors (Lipinski definition) is 0. The van der Waals surface area contributed by atoms with Crippen molar-refractivity contribution in [1.82, 2.24) is 0 Å². The second kappa shape index (κ2) is 12.8. The van der Waals surface area contributed by atoms with E-state index in [4.69, 9.17) is 22.4 Å². The van der Waals surface area contributed by atoms with Gasteiger partial charge in [0.15, 0.2) is 0 Å².